The first-order valence-electron chi connectivity index (χ1n) is 9.52. The van der Waals surface area contributed by atoms with Crippen molar-refractivity contribution in [2.75, 3.05) is 26.3 Å². The molecule has 0 saturated carbocycles. The van der Waals surface area contributed by atoms with Crippen LogP contribution in [0.15, 0.2) is 66.2 Å². The van der Waals surface area contributed by atoms with Crippen LogP contribution in [-0.4, -0.2) is 43.5 Å². The Bertz CT molecular complexity index is 781. The predicted octanol–water partition coefficient (Wildman–Crippen LogP) is 2.89. The minimum atomic E-state index is -0.757. The van der Waals surface area contributed by atoms with E-state index in [2.05, 4.69) is 22.2 Å². The Morgan fingerprint density at radius 2 is 1.93 bits per heavy atom. The first-order valence-corrected chi connectivity index (χ1v) is 9.52. The molecule has 1 unspecified atom stereocenters. The topological polar surface area (TPSA) is 75.1 Å². The van der Waals surface area contributed by atoms with Gasteiger partial charge in [-0.2, -0.15) is 0 Å². The van der Waals surface area contributed by atoms with Gasteiger partial charge in [-0.3, -0.25) is 0 Å². The SMILES string of the molecule is C=CCOc1ccccc1CN=C(NCC)NCC(O)COc1ccc(F)cc1. The van der Waals surface area contributed by atoms with E-state index in [0.29, 0.717) is 31.4 Å². The van der Waals surface area contributed by atoms with Gasteiger partial charge in [0.1, 0.15) is 36.6 Å². The first-order chi connectivity index (χ1) is 14.1. The zero-order valence-corrected chi connectivity index (χ0v) is 16.6. The molecule has 0 amide bonds. The second kappa shape index (κ2) is 12.4. The molecule has 29 heavy (non-hydrogen) atoms. The van der Waals surface area contributed by atoms with Gasteiger partial charge in [0.2, 0.25) is 0 Å². The summed E-state index contributed by atoms with van der Waals surface area (Å²) in [7, 11) is 0. The molecule has 0 spiro atoms. The Morgan fingerprint density at radius 1 is 1.17 bits per heavy atom. The molecule has 1 atom stereocenters. The number of nitrogens with one attached hydrogen (secondary N) is 2. The average Bonchev–Trinajstić information content (AvgIpc) is 2.74. The van der Waals surface area contributed by atoms with E-state index in [9.17, 15) is 9.50 Å². The Kier molecular flexibility index (Phi) is 9.51. The summed E-state index contributed by atoms with van der Waals surface area (Å²) in [5.41, 5.74) is 0.951. The molecular weight excluding hydrogens is 373 g/mol. The molecular formula is C22H28FN3O3. The van der Waals surface area contributed by atoms with E-state index >= 15 is 0 Å². The molecule has 0 bridgehead atoms. The summed E-state index contributed by atoms with van der Waals surface area (Å²) >= 11 is 0. The van der Waals surface area contributed by atoms with Crippen LogP contribution in [0.5, 0.6) is 11.5 Å². The fraction of sp³-hybridized carbons (Fsp3) is 0.318. The van der Waals surface area contributed by atoms with Crippen LogP contribution in [0.1, 0.15) is 12.5 Å². The molecule has 0 aromatic heterocycles. The van der Waals surface area contributed by atoms with Crippen molar-refractivity contribution in [1.82, 2.24) is 10.6 Å². The van der Waals surface area contributed by atoms with E-state index < -0.39 is 6.10 Å². The number of hydrogen-bond donors (Lipinski definition) is 3. The largest absolute Gasteiger partial charge is 0.491 e. The number of rotatable bonds is 11. The smallest absolute Gasteiger partial charge is 0.191 e. The van der Waals surface area contributed by atoms with Crippen molar-refractivity contribution in [1.29, 1.82) is 0 Å². The highest BCUT2D eigenvalue weighted by Crippen LogP contribution is 2.18. The number of aliphatic hydroxyl groups is 1. The van der Waals surface area contributed by atoms with E-state index in [4.69, 9.17) is 9.47 Å². The third kappa shape index (κ3) is 8.23. The lowest BCUT2D eigenvalue weighted by atomic mass is 10.2. The fourth-order valence-corrected chi connectivity index (χ4v) is 2.43. The van der Waals surface area contributed by atoms with Crippen molar-refractivity contribution in [3.8, 4) is 11.5 Å². The molecule has 156 valence electrons. The predicted molar refractivity (Wildman–Crippen MR) is 113 cm³/mol. The molecule has 7 heteroatoms. The number of guanidine groups is 1. The fourth-order valence-electron chi connectivity index (χ4n) is 2.43. The van der Waals surface area contributed by atoms with Crippen molar-refractivity contribution in [3.63, 3.8) is 0 Å². The molecule has 6 nitrogen and oxygen atoms in total. The van der Waals surface area contributed by atoms with E-state index in [-0.39, 0.29) is 19.0 Å². The van der Waals surface area contributed by atoms with Crippen LogP contribution in [-0.2, 0) is 6.54 Å². The monoisotopic (exact) mass is 401 g/mol. The van der Waals surface area contributed by atoms with E-state index in [1.807, 2.05) is 31.2 Å². The summed E-state index contributed by atoms with van der Waals surface area (Å²) < 4.78 is 24.0. The van der Waals surface area contributed by atoms with Crippen molar-refractivity contribution >= 4 is 5.96 Å². The summed E-state index contributed by atoms with van der Waals surface area (Å²) in [6.07, 6.45) is 0.938. The number of halogens is 1. The Morgan fingerprint density at radius 3 is 2.66 bits per heavy atom. The normalized spacial score (nSPS) is 12.2. The second-order valence-electron chi connectivity index (χ2n) is 6.20. The number of ether oxygens (including phenoxy) is 2. The maximum Gasteiger partial charge on any atom is 0.191 e. The van der Waals surface area contributed by atoms with Crippen molar-refractivity contribution < 1.29 is 19.0 Å². The van der Waals surface area contributed by atoms with Gasteiger partial charge in [-0.25, -0.2) is 9.38 Å². The van der Waals surface area contributed by atoms with Gasteiger partial charge in [0.25, 0.3) is 0 Å². The summed E-state index contributed by atoms with van der Waals surface area (Å²) in [5.74, 6) is 1.51. The third-order valence-corrected chi connectivity index (χ3v) is 3.84. The number of para-hydroxylation sites is 1. The highest BCUT2D eigenvalue weighted by Gasteiger charge is 2.08. The molecule has 2 aromatic rings. The molecule has 0 aliphatic rings. The van der Waals surface area contributed by atoms with Gasteiger partial charge in [-0.05, 0) is 37.3 Å². The van der Waals surface area contributed by atoms with E-state index in [0.717, 1.165) is 11.3 Å². The van der Waals surface area contributed by atoms with Gasteiger partial charge in [0.15, 0.2) is 5.96 Å². The molecule has 0 saturated heterocycles. The molecule has 3 N–H and O–H groups in total. The van der Waals surface area contributed by atoms with Gasteiger partial charge >= 0.3 is 0 Å². The summed E-state index contributed by atoms with van der Waals surface area (Å²) in [4.78, 5) is 4.55. The zero-order valence-electron chi connectivity index (χ0n) is 16.6. The van der Waals surface area contributed by atoms with Crippen LogP contribution < -0.4 is 20.1 Å². The summed E-state index contributed by atoms with van der Waals surface area (Å²) in [6, 6.07) is 13.4. The molecule has 0 aliphatic carbocycles. The van der Waals surface area contributed by atoms with E-state index in [1.165, 1.54) is 24.3 Å². The molecule has 0 radical (unpaired) electrons. The Balaban J connectivity index is 1.87. The van der Waals surface area contributed by atoms with Crippen LogP contribution in [0, 0.1) is 5.82 Å². The Hall–Kier alpha value is -3.06. The standard InChI is InChI=1S/C22H28FN3O3/c1-3-13-28-21-8-6-5-7-17(21)14-25-22(24-4-2)26-15-19(27)16-29-20-11-9-18(23)10-12-20/h3,5-12,19,27H,1,4,13-16H2,2H3,(H2,24,25,26). The minimum Gasteiger partial charge on any atom is -0.491 e. The first kappa shape index (κ1) is 22.2. The quantitative estimate of drug-likeness (QED) is 0.307. The molecule has 0 heterocycles. The van der Waals surface area contributed by atoms with Crippen LogP contribution in [0.3, 0.4) is 0 Å². The van der Waals surface area contributed by atoms with Crippen LogP contribution in [0.4, 0.5) is 4.39 Å². The number of nitrogens with zero attached hydrogens (tertiary/aromatic N) is 1. The van der Waals surface area contributed by atoms with Gasteiger partial charge in [-0.1, -0.05) is 30.9 Å². The van der Waals surface area contributed by atoms with Gasteiger partial charge in [0.05, 0.1) is 6.54 Å². The minimum absolute atomic E-state index is 0.0796. The number of aliphatic imine (C=N–C) groups is 1. The summed E-state index contributed by atoms with van der Waals surface area (Å²) in [5, 5.41) is 16.4. The maximum atomic E-state index is 12.9. The Labute approximate surface area is 171 Å². The zero-order chi connectivity index (χ0) is 20.9. The van der Waals surface area contributed by atoms with Gasteiger partial charge < -0.3 is 25.2 Å². The number of aliphatic hydroxyl groups excluding tert-OH is 1. The second-order valence-corrected chi connectivity index (χ2v) is 6.20. The highest BCUT2D eigenvalue weighted by atomic mass is 19.1. The van der Waals surface area contributed by atoms with Crippen LogP contribution in [0.2, 0.25) is 0 Å². The lowest BCUT2D eigenvalue weighted by molar-refractivity contribution is 0.110. The lowest BCUT2D eigenvalue weighted by Crippen LogP contribution is -2.42. The van der Waals surface area contributed by atoms with Crippen molar-refractivity contribution in [2.24, 2.45) is 4.99 Å². The van der Waals surface area contributed by atoms with Gasteiger partial charge in [0, 0.05) is 18.7 Å². The van der Waals surface area contributed by atoms with Gasteiger partial charge in [-0.15, -0.1) is 0 Å². The van der Waals surface area contributed by atoms with Crippen LogP contribution >= 0.6 is 0 Å². The number of hydrogen-bond acceptors (Lipinski definition) is 4. The average molecular weight is 401 g/mol. The summed E-state index contributed by atoms with van der Waals surface area (Å²) in [6.45, 7) is 7.49. The van der Waals surface area contributed by atoms with Crippen molar-refractivity contribution in [3.05, 3.63) is 72.6 Å². The highest BCUT2D eigenvalue weighted by molar-refractivity contribution is 5.79. The molecule has 0 aliphatic heterocycles. The maximum absolute atomic E-state index is 12.9. The lowest BCUT2D eigenvalue weighted by Gasteiger charge is -2.16. The molecule has 2 aromatic carbocycles. The third-order valence-electron chi connectivity index (χ3n) is 3.84. The number of benzene rings is 2. The molecule has 2 rings (SSSR count). The van der Waals surface area contributed by atoms with E-state index in [1.54, 1.807) is 6.08 Å². The van der Waals surface area contributed by atoms with Crippen LogP contribution in [0.25, 0.3) is 0 Å². The van der Waals surface area contributed by atoms with Crippen molar-refractivity contribution in [2.45, 2.75) is 19.6 Å². The molecule has 0 fully saturated rings.